The molecular formula is C25H33N5O6. The number of hydrogen-bond acceptors (Lipinski definition) is 8. The predicted octanol–water partition coefficient (Wildman–Crippen LogP) is 0.850. The van der Waals surface area contributed by atoms with E-state index >= 15 is 0 Å². The standard InChI is InChI=1S/C25H33N5O6/c1-5-35-23(34)19-18-22(33)30(17(12-31)14(2)3)20(25(18)11-10-24(19,4)36-25)21(32)26-13-29-16-9-7-6-8-15(16)27-28-29/h6-9,14,17-20,31H,5,10-13H2,1-4H3,(H,26,32)/t17-,18-,19+,20?,24-,25?/m0/s1. The normalized spacial score (nSPS) is 31.8. The monoisotopic (exact) mass is 499 g/mol. The van der Waals surface area contributed by atoms with Crippen LogP contribution in [0.2, 0.25) is 0 Å². The van der Waals surface area contributed by atoms with E-state index in [2.05, 4.69) is 15.6 Å². The second-order valence-corrected chi connectivity index (χ2v) is 10.5. The average molecular weight is 500 g/mol. The maximum absolute atomic E-state index is 14.0. The zero-order valence-electron chi connectivity index (χ0n) is 21.0. The zero-order valence-corrected chi connectivity index (χ0v) is 21.0. The van der Waals surface area contributed by atoms with Gasteiger partial charge in [-0.05, 0) is 44.7 Å². The molecule has 1 aromatic carbocycles. The van der Waals surface area contributed by atoms with Crippen molar-refractivity contribution in [3.8, 4) is 0 Å². The van der Waals surface area contributed by atoms with Crippen LogP contribution in [0.4, 0.5) is 0 Å². The van der Waals surface area contributed by atoms with Crippen LogP contribution in [0.5, 0.6) is 0 Å². The molecule has 3 saturated heterocycles. The van der Waals surface area contributed by atoms with Crippen LogP contribution >= 0.6 is 0 Å². The van der Waals surface area contributed by atoms with Gasteiger partial charge in [-0.15, -0.1) is 5.10 Å². The van der Waals surface area contributed by atoms with Crippen molar-refractivity contribution >= 4 is 28.8 Å². The number of ether oxygens (including phenoxy) is 2. The average Bonchev–Trinajstić information content (AvgIpc) is 3.54. The first-order valence-corrected chi connectivity index (χ1v) is 12.5. The lowest BCUT2D eigenvalue weighted by atomic mass is 9.66. The van der Waals surface area contributed by atoms with Crippen LogP contribution in [0.3, 0.4) is 0 Å². The third-order valence-electron chi connectivity index (χ3n) is 8.14. The van der Waals surface area contributed by atoms with Gasteiger partial charge < -0.3 is 24.8 Å². The van der Waals surface area contributed by atoms with Crippen LogP contribution in [-0.4, -0.2) is 79.3 Å². The summed E-state index contributed by atoms with van der Waals surface area (Å²) >= 11 is 0. The van der Waals surface area contributed by atoms with Crippen molar-refractivity contribution in [1.29, 1.82) is 0 Å². The van der Waals surface area contributed by atoms with Gasteiger partial charge in [-0.2, -0.15) is 0 Å². The molecule has 2 N–H and O–H groups in total. The number of aliphatic hydroxyl groups is 1. The molecule has 2 unspecified atom stereocenters. The summed E-state index contributed by atoms with van der Waals surface area (Å²) in [5.74, 6) is -3.05. The summed E-state index contributed by atoms with van der Waals surface area (Å²) < 4.78 is 13.4. The molecule has 194 valence electrons. The number of aliphatic hydroxyl groups excluding tert-OH is 1. The number of fused-ring (bicyclic) bond motifs is 2. The molecule has 0 radical (unpaired) electrons. The Morgan fingerprint density at radius 1 is 1.31 bits per heavy atom. The molecule has 6 atom stereocenters. The largest absolute Gasteiger partial charge is 0.466 e. The van der Waals surface area contributed by atoms with Crippen molar-refractivity contribution in [2.75, 3.05) is 13.2 Å². The van der Waals surface area contributed by atoms with Crippen molar-refractivity contribution in [3.05, 3.63) is 24.3 Å². The lowest BCUT2D eigenvalue weighted by molar-refractivity contribution is -0.160. The first-order valence-electron chi connectivity index (χ1n) is 12.5. The number of esters is 1. The highest BCUT2D eigenvalue weighted by Gasteiger charge is 2.78. The van der Waals surface area contributed by atoms with Gasteiger partial charge in [-0.25, -0.2) is 4.68 Å². The minimum absolute atomic E-state index is 0.0443. The minimum Gasteiger partial charge on any atom is -0.466 e. The minimum atomic E-state index is -1.18. The molecule has 11 nitrogen and oxygen atoms in total. The number of rotatable bonds is 8. The maximum atomic E-state index is 14.0. The summed E-state index contributed by atoms with van der Waals surface area (Å²) in [5.41, 5.74) is -0.617. The number of benzene rings is 1. The van der Waals surface area contributed by atoms with Gasteiger partial charge in [-0.3, -0.25) is 14.4 Å². The van der Waals surface area contributed by atoms with E-state index in [1.807, 2.05) is 45.0 Å². The SMILES string of the molecule is CCOC(=O)[C@H]1[C@H]2C(=O)N([C@@H](CO)C(C)C)C(C(=O)NCn3nnc4ccccc43)C23CC[C@]1(C)O3. The number of carbonyl (C=O) groups excluding carboxylic acids is 3. The van der Waals surface area contributed by atoms with Crippen LogP contribution in [-0.2, 0) is 30.5 Å². The number of hydrogen-bond donors (Lipinski definition) is 2. The first-order chi connectivity index (χ1) is 17.2. The van der Waals surface area contributed by atoms with Crippen LogP contribution in [0, 0.1) is 17.8 Å². The molecule has 11 heteroatoms. The summed E-state index contributed by atoms with van der Waals surface area (Å²) in [7, 11) is 0. The van der Waals surface area contributed by atoms with Crippen LogP contribution in [0.1, 0.15) is 40.5 Å². The second-order valence-electron chi connectivity index (χ2n) is 10.5. The summed E-state index contributed by atoms with van der Waals surface area (Å²) in [6, 6.07) is 5.79. The van der Waals surface area contributed by atoms with Gasteiger partial charge in [-0.1, -0.05) is 31.2 Å². The van der Waals surface area contributed by atoms with Gasteiger partial charge in [0.2, 0.25) is 11.8 Å². The molecule has 36 heavy (non-hydrogen) atoms. The van der Waals surface area contributed by atoms with Gasteiger partial charge in [0.25, 0.3) is 0 Å². The van der Waals surface area contributed by atoms with Crippen molar-refractivity contribution in [2.24, 2.45) is 17.8 Å². The predicted molar refractivity (Wildman–Crippen MR) is 127 cm³/mol. The summed E-state index contributed by atoms with van der Waals surface area (Å²) in [6.45, 7) is 7.23. The van der Waals surface area contributed by atoms with E-state index in [4.69, 9.17) is 9.47 Å². The lowest BCUT2D eigenvalue weighted by Crippen LogP contribution is -2.59. The van der Waals surface area contributed by atoms with Gasteiger partial charge in [0.1, 0.15) is 29.7 Å². The summed E-state index contributed by atoms with van der Waals surface area (Å²) in [4.78, 5) is 42.3. The second kappa shape index (κ2) is 8.81. The van der Waals surface area contributed by atoms with E-state index in [0.717, 1.165) is 5.52 Å². The van der Waals surface area contributed by atoms with Crippen LogP contribution in [0.15, 0.2) is 24.3 Å². The van der Waals surface area contributed by atoms with Gasteiger partial charge in [0.15, 0.2) is 0 Å². The quantitative estimate of drug-likeness (QED) is 0.510. The lowest BCUT2D eigenvalue weighted by Gasteiger charge is -2.38. The van der Waals surface area contributed by atoms with Gasteiger partial charge in [0, 0.05) is 0 Å². The number of amides is 2. The molecule has 0 saturated carbocycles. The zero-order chi connectivity index (χ0) is 25.8. The molecular weight excluding hydrogens is 466 g/mol. The Bertz CT molecular complexity index is 1200. The Kier molecular flexibility index (Phi) is 6.03. The molecule has 1 aromatic heterocycles. The molecule has 5 rings (SSSR count). The summed E-state index contributed by atoms with van der Waals surface area (Å²) in [5, 5.41) is 21.4. The van der Waals surface area contributed by atoms with E-state index in [-0.39, 0.29) is 31.7 Å². The fourth-order valence-electron chi connectivity index (χ4n) is 6.51. The van der Waals surface area contributed by atoms with Crippen LogP contribution < -0.4 is 5.32 Å². The molecule has 4 heterocycles. The first kappa shape index (κ1) is 24.6. The molecule has 2 bridgehead atoms. The molecule has 1 spiro atoms. The molecule has 2 amide bonds. The topological polar surface area (TPSA) is 136 Å². The Morgan fingerprint density at radius 2 is 2.06 bits per heavy atom. The van der Waals surface area contributed by atoms with Crippen LogP contribution in [0.25, 0.3) is 11.0 Å². The van der Waals surface area contributed by atoms with Gasteiger partial charge in [0.05, 0.1) is 36.3 Å². The number of carbonyl (C=O) groups is 3. The Labute approximate surface area is 209 Å². The third-order valence-corrected chi connectivity index (χ3v) is 8.14. The highest BCUT2D eigenvalue weighted by Crippen LogP contribution is 2.63. The maximum Gasteiger partial charge on any atom is 0.312 e. The molecule has 3 aliphatic rings. The molecule has 3 fully saturated rings. The van der Waals surface area contributed by atoms with Crippen molar-refractivity contribution < 1.29 is 29.0 Å². The van der Waals surface area contributed by atoms with Crippen molar-refractivity contribution in [2.45, 2.75) is 70.5 Å². The van der Waals surface area contributed by atoms with E-state index in [1.165, 1.54) is 4.90 Å². The van der Waals surface area contributed by atoms with E-state index in [0.29, 0.717) is 18.4 Å². The summed E-state index contributed by atoms with van der Waals surface area (Å²) in [6.07, 6.45) is 0.976. The molecule has 2 aromatic rings. The van der Waals surface area contributed by atoms with E-state index in [1.54, 1.807) is 11.6 Å². The fourth-order valence-corrected chi connectivity index (χ4v) is 6.51. The van der Waals surface area contributed by atoms with E-state index in [9.17, 15) is 19.5 Å². The Morgan fingerprint density at radius 3 is 2.75 bits per heavy atom. The molecule has 0 aliphatic carbocycles. The Hall–Kier alpha value is -3.05. The number of para-hydroxylation sites is 1. The number of aromatic nitrogens is 3. The smallest absolute Gasteiger partial charge is 0.312 e. The Balaban J connectivity index is 1.51. The molecule has 3 aliphatic heterocycles. The van der Waals surface area contributed by atoms with E-state index < -0.39 is 47.0 Å². The highest BCUT2D eigenvalue weighted by molar-refractivity contribution is 5.98. The fraction of sp³-hybridized carbons (Fsp3) is 0.640. The van der Waals surface area contributed by atoms with Crippen molar-refractivity contribution in [3.63, 3.8) is 0 Å². The third kappa shape index (κ3) is 3.43. The van der Waals surface area contributed by atoms with Gasteiger partial charge >= 0.3 is 5.97 Å². The van der Waals surface area contributed by atoms with Crippen molar-refractivity contribution in [1.82, 2.24) is 25.2 Å². The number of likely N-dealkylation sites (tertiary alicyclic amines) is 1. The number of nitrogens with one attached hydrogen (secondary N) is 1. The number of nitrogens with zero attached hydrogens (tertiary/aromatic N) is 4. The highest BCUT2D eigenvalue weighted by atomic mass is 16.6.